The first-order valence-electron chi connectivity index (χ1n) is 8.22. The minimum absolute atomic E-state index is 0.146. The molecule has 0 bridgehead atoms. The summed E-state index contributed by atoms with van der Waals surface area (Å²) in [6.07, 6.45) is -1.45. The number of imide groups is 1. The Morgan fingerprint density at radius 2 is 1.89 bits per heavy atom. The Kier molecular flexibility index (Phi) is 5.08. The van der Waals surface area contributed by atoms with Crippen molar-refractivity contribution in [2.24, 2.45) is 0 Å². The van der Waals surface area contributed by atoms with Crippen molar-refractivity contribution >= 4 is 12.1 Å². The SMILES string of the molecule is CC1=C(C#N)C(c2ccccc2OCc2ccccc2)N(C(=O)O)C(=O)N1. The molecule has 1 aliphatic rings. The fraction of sp³-hybridized carbons (Fsp3) is 0.150. The summed E-state index contributed by atoms with van der Waals surface area (Å²) in [6, 6.07) is 16.4. The van der Waals surface area contributed by atoms with E-state index in [0.29, 0.717) is 21.9 Å². The first kappa shape index (κ1) is 18.0. The van der Waals surface area contributed by atoms with Crippen LogP contribution in [-0.4, -0.2) is 22.1 Å². The molecule has 0 aliphatic carbocycles. The molecule has 136 valence electrons. The molecule has 2 aromatic rings. The van der Waals surface area contributed by atoms with Crippen LogP contribution in [0.15, 0.2) is 65.9 Å². The average molecular weight is 363 g/mol. The van der Waals surface area contributed by atoms with Gasteiger partial charge in [0.2, 0.25) is 0 Å². The summed E-state index contributed by atoms with van der Waals surface area (Å²) >= 11 is 0. The van der Waals surface area contributed by atoms with E-state index < -0.39 is 18.2 Å². The van der Waals surface area contributed by atoms with Crippen LogP contribution in [0.1, 0.15) is 24.1 Å². The van der Waals surface area contributed by atoms with Crippen molar-refractivity contribution in [2.75, 3.05) is 0 Å². The molecule has 0 radical (unpaired) electrons. The summed E-state index contributed by atoms with van der Waals surface area (Å²) < 4.78 is 5.88. The molecular weight excluding hydrogens is 346 g/mol. The van der Waals surface area contributed by atoms with Crippen molar-refractivity contribution < 1.29 is 19.4 Å². The van der Waals surface area contributed by atoms with Crippen LogP contribution in [0.5, 0.6) is 5.75 Å². The van der Waals surface area contributed by atoms with Gasteiger partial charge in [-0.3, -0.25) is 0 Å². The summed E-state index contributed by atoms with van der Waals surface area (Å²) in [5, 5.41) is 21.5. The number of nitrogens with one attached hydrogen (secondary N) is 1. The third-order valence-electron chi connectivity index (χ3n) is 4.23. The van der Waals surface area contributed by atoms with Crippen LogP contribution in [0.4, 0.5) is 9.59 Å². The van der Waals surface area contributed by atoms with Gasteiger partial charge in [-0.05, 0) is 18.6 Å². The largest absolute Gasteiger partial charge is 0.489 e. The molecule has 0 aromatic heterocycles. The van der Waals surface area contributed by atoms with Crippen LogP contribution < -0.4 is 10.1 Å². The zero-order chi connectivity index (χ0) is 19.4. The summed E-state index contributed by atoms with van der Waals surface area (Å²) in [5.41, 5.74) is 1.84. The van der Waals surface area contributed by atoms with Gasteiger partial charge in [0.05, 0.1) is 11.6 Å². The number of nitriles is 1. The van der Waals surface area contributed by atoms with Crippen molar-refractivity contribution in [1.29, 1.82) is 5.26 Å². The highest BCUT2D eigenvalue weighted by molar-refractivity contribution is 5.93. The lowest BCUT2D eigenvalue weighted by Gasteiger charge is -2.33. The third-order valence-corrected chi connectivity index (χ3v) is 4.23. The summed E-state index contributed by atoms with van der Waals surface area (Å²) in [6.45, 7) is 1.84. The van der Waals surface area contributed by atoms with E-state index >= 15 is 0 Å². The van der Waals surface area contributed by atoms with Gasteiger partial charge in [0.25, 0.3) is 0 Å². The van der Waals surface area contributed by atoms with Crippen LogP contribution in [0, 0.1) is 11.3 Å². The smallest absolute Gasteiger partial charge is 0.416 e. The van der Waals surface area contributed by atoms with Gasteiger partial charge in [-0.2, -0.15) is 5.26 Å². The molecule has 1 atom stereocenters. The number of carbonyl (C=O) groups excluding carboxylic acids is 1. The van der Waals surface area contributed by atoms with Gasteiger partial charge in [-0.15, -0.1) is 0 Å². The maximum Gasteiger partial charge on any atom is 0.416 e. The predicted octanol–water partition coefficient (Wildman–Crippen LogP) is 3.81. The number of para-hydroxylation sites is 1. The molecule has 1 heterocycles. The maximum absolute atomic E-state index is 12.2. The van der Waals surface area contributed by atoms with Gasteiger partial charge < -0.3 is 15.2 Å². The first-order chi connectivity index (χ1) is 13.0. The van der Waals surface area contributed by atoms with Crippen molar-refractivity contribution in [3.05, 3.63) is 77.0 Å². The Morgan fingerprint density at radius 3 is 2.56 bits per heavy atom. The molecule has 0 saturated heterocycles. The lowest BCUT2D eigenvalue weighted by molar-refractivity contribution is 0.135. The topological polar surface area (TPSA) is 103 Å². The number of hydrogen-bond donors (Lipinski definition) is 2. The Hall–Kier alpha value is -3.79. The summed E-state index contributed by atoms with van der Waals surface area (Å²) in [5.74, 6) is 0.410. The van der Waals surface area contributed by atoms with Crippen LogP contribution in [0.25, 0.3) is 0 Å². The molecule has 2 N–H and O–H groups in total. The molecular formula is C20H17N3O4. The number of nitrogens with zero attached hydrogens (tertiary/aromatic N) is 2. The zero-order valence-corrected chi connectivity index (χ0v) is 14.5. The van der Waals surface area contributed by atoms with Gasteiger partial charge in [0, 0.05) is 11.3 Å². The fourth-order valence-electron chi connectivity index (χ4n) is 2.95. The summed E-state index contributed by atoms with van der Waals surface area (Å²) in [7, 11) is 0. The number of carboxylic acid groups (broad SMARTS) is 1. The minimum Gasteiger partial charge on any atom is -0.489 e. The molecule has 27 heavy (non-hydrogen) atoms. The highest BCUT2D eigenvalue weighted by atomic mass is 16.5. The number of benzene rings is 2. The number of ether oxygens (including phenoxy) is 1. The van der Waals surface area contributed by atoms with Gasteiger partial charge in [0.15, 0.2) is 0 Å². The lowest BCUT2D eigenvalue weighted by atomic mass is 9.94. The van der Waals surface area contributed by atoms with E-state index in [1.807, 2.05) is 36.4 Å². The van der Waals surface area contributed by atoms with Crippen molar-refractivity contribution in [3.63, 3.8) is 0 Å². The Balaban J connectivity index is 2.02. The molecule has 7 nitrogen and oxygen atoms in total. The van der Waals surface area contributed by atoms with Crippen LogP contribution in [-0.2, 0) is 6.61 Å². The number of amides is 3. The second-order valence-electron chi connectivity index (χ2n) is 5.95. The molecule has 0 fully saturated rings. The Labute approximate surface area is 156 Å². The average Bonchev–Trinajstić information content (AvgIpc) is 2.66. The maximum atomic E-state index is 12.2. The molecule has 0 saturated carbocycles. The molecule has 1 aliphatic heterocycles. The van der Waals surface area contributed by atoms with Gasteiger partial charge in [-0.25, -0.2) is 14.5 Å². The molecule has 2 aromatic carbocycles. The molecule has 1 unspecified atom stereocenters. The van der Waals surface area contributed by atoms with Crippen molar-refractivity contribution in [3.8, 4) is 11.8 Å². The predicted molar refractivity (Wildman–Crippen MR) is 96.7 cm³/mol. The van der Waals surface area contributed by atoms with Gasteiger partial charge >= 0.3 is 12.1 Å². The fourth-order valence-corrected chi connectivity index (χ4v) is 2.95. The quantitative estimate of drug-likeness (QED) is 0.860. The zero-order valence-electron chi connectivity index (χ0n) is 14.5. The number of urea groups is 1. The Morgan fingerprint density at radius 1 is 1.22 bits per heavy atom. The molecule has 7 heteroatoms. The third kappa shape index (κ3) is 3.60. The first-order valence-corrected chi connectivity index (χ1v) is 8.22. The lowest BCUT2D eigenvalue weighted by Crippen LogP contribution is -2.49. The van der Waals surface area contributed by atoms with Gasteiger partial charge in [-0.1, -0.05) is 48.5 Å². The second-order valence-corrected chi connectivity index (χ2v) is 5.95. The van der Waals surface area contributed by atoms with Gasteiger partial charge in [0.1, 0.15) is 18.4 Å². The van der Waals surface area contributed by atoms with E-state index in [-0.39, 0.29) is 12.2 Å². The van der Waals surface area contributed by atoms with Crippen LogP contribution in [0.3, 0.4) is 0 Å². The summed E-state index contributed by atoms with van der Waals surface area (Å²) in [4.78, 5) is 24.5. The van der Waals surface area contributed by atoms with E-state index in [2.05, 4.69) is 5.32 Å². The van der Waals surface area contributed by atoms with E-state index in [4.69, 9.17) is 4.74 Å². The van der Waals surface area contributed by atoms with E-state index in [0.717, 1.165) is 5.56 Å². The highest BCUT2D eigenvalue weighted by Crippen LogP contribution is 2.38. The molecule has 3 rings (SSSR count). The molecule has 3 amide bonds. The minimum atomic E-state index is -1.45. The van der Waals surface area contributed by atoms with E-state index in [9.17, 15) is 20.0 Å². The number of carbonyl (C=O) groups is 2. The van der Waals surface area contributed by atoms with Crippen LogP contribution >= 0.6 is 0 Å². The van der Waals surface area contributed by atoms with Crippen molar-refractivity contribution in [1.82, 2.24) is 10.2 Å². The van der Waals surface area contributed by atoms with E-state index in [1.54, 1.807) is 31.2 Å². The number of allylic oxidation sites excluding steroid dienone is 1. The van der Waals surface area contributed by atoms with Crippen LogP contribution in [0.2, 0.25) is 0 Å². The monoisotopic (exact) mass is 363 g/mol. The number of rotatable bonds is 4. The molecule has 0 spiro atoms. The normalized spacial score (nSPS) is 16.5. The standard InChI is InChI=1S/C20H17N3O4/c1-13-16(11-21)18(23(20(25)26)19(24)22-13)15-9-5-6-10-17(15)27-12-14-7-3-2-4-8-14/h2-10,18H,12H2,1H3,(H,22,24)(H,25,26). The Bertz CT molecular complexity index is 947. The highest BCUT2D eigenvalue weighted by Gasteiger charge is 2.40. The number of hydrogen-bond acceptors (Lipinski definition) is 4. The van der Waals surface area contributed by atoms with Crippen molar-refractivity contribution in [2.45, 2.75) is 19.6 Å². The second kappa shape index (κ2) is 7.62. The van der Waals surface area contributed by atoms with E-state index in [1.165, 1.54) is 0 Å².